The first-order chi connectivity index (χ1) is 17.5. The van der Waals surface area contributed by atoms with Crippen LogP contribution in [0.2, 0.25) is 0 Å². The summed E-state index contributed by atoms with van der Waals surface area (Å²) in [5, 5.41) is 0. The van der Waals surface area contributed by atoms with Gasteiger partial charge in [0.1, 0.15) is 5.82 Å². The minimum atomic E-state index is 0.374. The van der Waals surface area contributed by atoms with Crippen LogP contribution in [0.5, 0.6) is 0 Å². The number of aromatic nitrogens is 6. The number of rotatable bonds is 5. The Hall–Kier alpha value is -3.24. The zero-order valence-electron chi connectivity index (χ0n) is 21.4. The molecule has 0 amide bonds. The predicted molar refractivity (Wildman–Crippen MR) is 141 cm³/mol. The maximum atomic E-state index is 6.37. The summed E-state index contributed by atoms with van der Waals surface area (Å²) in [7, 11) is 2.06. The molecule has 0 spiro atoms. The molecule has 36 heavy (non-hydrogen) atoms. The van der Waals surface area contributed by atoms with E-state index in [0.29, 0.717) is 25.1 Å². The van der Waals surface area contributed by atoms with Gasteiger partial charge < -0.3 is 19.9 Å². The van der Waals surface area contributed by atoms with Gasteiger partial charge in [-0.15, -0.1) is 0 Å². The Bertz CT molecular complexity index is 1380. The van der Waals surface area contributed by atoms with Crippen molar-refractivity contribution in [3.63, 3.8) is 0 Å². The predicted octanol–water partition coefficient (Wildman–Crippen LogP) is 2.99. The number of nitrogens with zero attached hydrogens (tertiary/aromatic N) is 8. The van der Waals surface area contributed by atoms with E-state index >= 15 is 0 Å². The first-order valence-electron chi connectivity index (χ1n) is 13.0. The zero-order chi connectivity index (χ0) is 24.8. The lowest BCUT2D eigenvalue weighted by Gasteiger charge is -2.33. The molecule has 1 aromatic carbocycles. The number of hydrogen-bond acceptors (Lipinski definition) is 8. The van der Waals surface area contributed by atoms with Gasteiger partial charge in [0, 0.05) is 20.1 Å². The average Bonchev–Trinajstić information content (AvgIpc) is 3.40. The maximum Gasteiger partial charge on any atom is 0.241 e. The molecule has 0 unspecified atom stereocenters. The molecule has 3 aromatic heterocycles. The van der Waals surface area contributed by atoms with Crippen molar-refractivity contribution in [2.75, 3.05) is 50.0 Å². The highest BCUT2D eigenvalue weighted by Crippen LogP contribution is 2.30. The molecule has 2 aliphatic rings. The van der Waals surface area contributed by atoms with Gasteiger partial charge in [-0.1, -0.05) is 26.0 Å². The Labute approximate surface area is 211 Å². The third kappa shape index (κ3) is 4.08. The van der Waals surface area contributed by atoms with Crippen molar-refractivity contribution in [2.45, 2.75) is 33.2 Å². The molecule has 0 atom stereocenters. The number of para-hydroxylation sites is 2. The van der Waals surface area contributed by atoms with Crippen molar-refractivity contribution >= 4 is 34.0 Å². The summed E-state index contributed by atoms with van der Waals surface area (Å²) in [5.41, 5.74) is 9.72. The quantitative estimate of drug-likeness (QED) is 0.456. The lowest BCUT2D eigenvalue weighted by molar-refractivity contribution is 0.122. The first-order valence-corrected chi connectivity index (χ1v) is 13.0. The van der Waals surface area contributed by atoms with Crippen LogP contribution in [-0.4, -0.2) is 73.4 Å². The second-order valence-electron chi connectivity index (χ2n) is 10.4. The molecule has 0 saturated carbocycles. The van der Waals surface area contributed by atoms with Crippen LogP contribution >= 0.6 is 0 Å². The molecule has 2 fully saturated rings. The third-order valence-corrected chi connectivity index (χ3v) is 7.82. The summed E-state index contributed by atoms with van der Waals surface area (Å²) in [6.45, 7) is 10.6. The van der Waals surface area contributed by atoms with Gasteiger partial charge in [-0.3, -0.25) is 4.90 Å². The zero-order valence-corrected chi connectivity index (χ0v) is 21.4. The van der Waals surface area contributed by atoms with Crippen LogP contribution in [0, 0.1) is 11.8 Å². The van der Waals surface area contributed by atoms with Gasteiger partial charge in [-0.05, 0) is 49.9 Å². The van der Waals surface area contributed by atoms with Crippen LogP contribution in [0.1, 0.15) is 32.5 Å². The molecule has 0 radical (unpaired) electrons. The van der Waals surface area contributed by atoms with Crippen LogP contribution in [0.25, 0.3) is 28.1 Å². The van der Waals surface area contributed by atoms with Gasteiger partial charge in [0.15, 0.2) is 17.0 Å². The summed E-state index contributed by atoms with van der Waals surface area (Å²) in [4.78, 5) is 24.4. The van der Waals surface area contributed by atoms with Crippen molar-refractivity contribution in [1.82, 2.24) is 34.0 Å². The number of ether oxygens (including phenoxy) is 1. The Morgan fingerprint density at radius 3 is 2.50 bits per heavy atom. The van der Waals surface area contributed by atoms with Gasteiger partial charge >= 0.3 is 0 Å². The molecule has 5 heterocycles. The summed E-state index contributed by atoms with van der Waals surface area (Å²) in [5.74, 6) is 4.30. The maximum absolute atomic E-state index is 6.37. The third-order valence-electron chi connectivity index (χ3n) is 7.82. The molecule has 10 nitrogen and oxygen atoms in total. The molecule has 2 saturated heterocycles. The Morgan fingerprint density at radius 2 is 1.75 bits per heavy atom. The second-order valence-corrected chi connectivity index (χ2v) is 10.4. The van der Waals surface area contributed by atoms with E-state index in [4.69, 9.17) is 25.4 Å². The molecule has 0 aliphatic carbocycles. The molecular weight excluding hydrogens is 454 g/mol. The largest absolute Gasteiger partial charge is 0.378 e. The fourth-order valence-electron chi connectivity index (χ4n) is 5.55. The molecule has 2 aliphatic heterocycles. The molecule has 6 rings (SSSR count). The average molecular weight is 490 g/mol. The number of fused-ring (bicyclic) bond motifs is 2. The van der Waals surface area contributed by atoms with E-state index in [1.165, 1.54) is 12.8 Å². The van der Waals surface area contributed by atoms with Crippen LogP contribution in [-0.2, 0) is 18.3 Å². The van der Waals surface area contributed by atoms with E-state index in [0.717, 1.165) is 78.4 Å². The molecular formula is C26H35N9O. The standard InChI is InChI=1S/C26H35N9O/c1-17(2)18-8-10-33(11-9-18)16-21-29-22-23(32(21)3)30-26(31-24(22)34-12-14-36-15-13-34)35-20-7-5-4-6-19(20)28-25(35)27/h4-7,17-18H,8-16H2,1-3H3,(H2,27,28). The van der Waals surface area contributed by atoms with E-state index in [1.54, 1.807) is 0 Å². The Morgan fingerprint density at radius 1 is 1.00 bits per heavy atom. The SMILES string of the molecule is CC(C)C1CCN(Cc2nc3c(N4CCOCC4)nc(-n4c(N)nc5ccccc54)nc3n2C)CC1. The van der Waals surface area contributed by atoms with Crippen molar-refractivity contribution in [2.24, 2.45) is 18.9 Å². The molecule has 0 bridgehead atoms. The number of aryl methyl sites for hydroxylation is 1. The fourth-order valence-corrected chi connectivity index (χ4v) is 5.55. The first kappa shape index (κ1) is 23.2. The van der Waals surface area contributed by atoms with E-state index < -0.39 is 0 Å². The number of nitrogen functional groups attached to an aromatic ring is 1. The smallest absolute Gasteiger partial charge is 0.241 e. The van der Waals surface area contributed by atoms with Gasteiger partial charge in [0.2, 0.25) is 11.9 Å². The van der Waals surface area contributed by atoms with Crippen molar-refractivity contribution < 1.29 is 4.74 Å². The normalized spacial score (nSPS) is 18.2. The number of benzene rings is 1. The highest BCUT2D eigenvalue weighted by atomic mass is 16.5. The fraction of sp³-hybridized carbons (Fsp3) is 0.538. The summed E-state index contributed by atoms with van der Waals surface area (Å²) < 4.78 is 9.57. The lowest BCUT2D eigenvalue weighted by atomic mass is 9.87. The minimum absolute atomic E-state index is 0.374. The minimum Gasteiger partial charge on any atom is -0.378 e. The number of imidazole rings is 2. The summed E-state index contributed by atoms with van der Waals surface area (Å²) in [6.07, 6.45) is 2.50. The highest BCUT2D eigenvalue weighted by molar-refractivity contribution is 5.86. The van der Waals surface area contributed by atoms with E-state index in [1.807, 2.05) is 28.8 Å². The number of nitrogens with two attached hydrogens (primary N) is 1. The van der Waals surface area contributed by atoms with E-state index in [9.17, 15) is 0 Å². The number of anilines is 2. The molecule has 2 N–H and O–H groups in total. The van der Waals surface area contributed by atoms with Crippen LogP contribution in [0.4, 0.5) is 11.8 Å². The van der Waals surface area contributed by atoms with Gasteiger partial charge in [-0.25, -0.2) is 14.5 Å². The number of likely N-dealkylation sites (tertiary alicyclic amines) is 1. The van der Waals surface area contributed by atoms with Crippen molar-refractivity contribution in [1.29, 1.82) is 0 Å². The highest BCUT2D eigenvalue weighted by Gasteiger charge is 2.26. The Balaban J connectivity index is 1.42. The summed E-state index contributed by atoms with van der Waals surface area (Å²) in [6, 6.07) is 7.88. The van der Waals surface area contributed by atoms with Gasteiger partial charge in [0.25, 0.3) is 0 Å². The van der Waals surface area contributed by atoms with E-state index in [2.05, 4.69) is 40.2 Å². The van der Waals surface area contributed by atoms with Gasteiger partial charge in [0.05, 0.1) is 30.8 Å². The van der Waals surface area contributed by atoms with Crippen LogP contribution in [0.15, 0.2) is 24.3 Å². The summed E-state index contributed by atoms with van der Waals surface area (Å²) >= 11 is 0. The number of piperidine rings is 1. The molecule has 4 aromatic rings. The molecule has 190 valence electrons. The van der Waals surface area contributed by atoms with Crippen molar-refractivity contribution in [3.05, 3.63) is 30.1 Å². The van der Waals surface area contributed by atoms with Crippen LogP contribution in [0.3, 0.4) is 0 Å². The second kappa shape index (κ2) is 9.33. The molecule has 10 heteroatoms. The van der Waals surface area contributed by atoms with E-state index in [-0.39, 0.29) is 0 Å². The number of hydrogen-bond donors (Lipinski definition) is 1. The lowest BCUT2D eigenvalue weighted by Crippen LogP contribution is -2.37. The van der Waals surface area contributed by atoms with Crippen molar-refractivity contribution in [3.8, 4) is 5.95 Å². The topological polar surface area (TPSA) is 103 Å². The number of morpholine rings is 1. The van der Waals surface area contributed by atoms with Gasteiger partial charge in [-0.2, -0.15) is 9.97 Å². The van der Waals surface area contributed by atoms with Crippen LogP contribution < -0.4 is 10.6 Å². The monoisotopic (exact) mass is 489 g/mol. The Kier molecular flexibility index (Phi) is 6.00.